The Bertz CT molecular complexity index is 460. The first kappa shape index (κ1) is 41.4. The summed E-state index contributed by atoms with van der Waals surface area (Å²) in [5.41, 5.74) is 0. The van der Waals surface area contributed by atoms with Crippen LogP contribution in [0.2, 0.25) is 0 Å². The van der Waals surface area contributed by atoms with Crippen molar-refractivity contribution in [1.82, 2.24) is 5.32 Å². The average Bonchev–Trinajstić information content (AvgIpc) is 2.88. The monoisotopic (exact) mass is 612 g/mol. The molecule has 0 aliphatic rings. The molecule has 10 nitrogen and oxygen atoms in total. The van der Waals surface area contributed by atoms with Crippen molar-refractivity contribution in [3.63, 3.8) is 0 Å². The SMILES string of the molecule is CC.CC(=O)COCCOCCOCCOCCOCCOCCNC(=O)CCCCCCCCO.[Y]. The molecule has 11 heteroatoms. The van der Waals surface area contributed by atoms with E-state index in [4.69, 9.17) is 33.5 Å². The average molecular weight is 613 g/mol. The van der Waals surface area contributed by atoms with Crippen LogP contribution in [0.4, 0.5) is 0 Å². The minimum absolute atomic E-state index is 0. The number of aliphatic hydroxyl groups is 1. The molecular formula is C26H53NO9Y. The van der Waals surface area contributed by atoms with Gasteiger partial charge in [-0.25, -0.2) is 0 Å². The van der Waals surface area contributed by atoms with E-state index < -0.39 is 0 Å². The molecule has 0 saturated carbocycles. The smallest absolute Gasteiger partial charge is 0.220 e. The zero-order valence-corrected chi connectivity index (χ0v) is 26.5. The minimum Gasteiger partial charge on any atom is -0.396 e. The quantitative estimate of drug-likeness (QED) is 0.128. The van der Waals surface area contributed by atoms with Gasteiger partial charge in [-0.2, -0.15) is 0 Å². The van der Waals surface area contributed by atoms with Crippen LogP contribution in [0.15, 0.2) is 0 Å². The number of amides is 1. The Morgan fingerprint density at radius 3 is 1.41 bits per heavy atom. The number of rotatable bonds is 28. The maximum atomic E-state index is 11.7. The molecule has 0 atom stereocenters. The molecule has 0 aliphatic carbocycles. The van der Waals surface area contributed by atoms with Crippen LogP contribution in [0, 0.1) is 0 Å². The number of unbranched alkanes of at least 4 members (excludes halogenated alkanes) is 5. The van der Waals surface area contributed by atoms with E-state index in [1.807, 2.05) is 13.8 Å². The van der Waals surface area contributed by atoms with Crippen molar-refractivity contribution in [2.24, 2.45) is 0 Å². The molecule has 1 amide bonds. The molecule has 0 aliphatic heterocycles. The fourth-order valence-corrected chi connectivity index (χ4v) is 2.77. The van der Waals surface area contributed by atoms with Gasteiger partial charge < -0.3 is 38.8 Å². The second-order valence-corrected chi connectivity index (χ2v) is 7.76. The summed E-state index contributed by atoms with van der Waals surface area (Å²) >= 11 is 0. The molecule has 0 spiro atoms. The van der Waals surface area contributed by atoms with E-state index in [9.17, 15) is 9.59 Å². The van der Waals surface area contributed by atoms with Crippen molar-refractivity contribution in [2.75, 3.05) is 92.4 Å². The summed E-state index contributed by atoms with van der Waals surface area (Å²) in [6.45, 7) is 11.6. The fraction of sp³-hybridized carbons (Fsp3) is 0.923. The molecule has 0 aromatic rings. The largest absolute Gasteiger partial charge is 0.396 e. The number of aliphatic hydroxyl groups excluding tert-OH is 1. The Hall–Kier alpha value is -0.0361. The van der Waals surface area contributed by atoms with Gasteiger partial charge in [0.2, 0.25) is 5.91 Å². The molecule has 2 N–H and O–H groups in total. The first-order chi connectivity index (χ1) is 17.7. The first-order valence-corrected chi connectivity index (χ1v) is 13.5. The van der Waals surface area contributed by atoms with Gasteiger partial charge >= 0.3 is 0 Å². The summed E-state index contributed by atoms with van der Waals surface area (Å²) in [5.74, 6) is 0.0725. The van der Waals surface area contributed by atoms with Gasteiger partial charge in [0, 0.05) is 52.3 Å². The summed E-state index contributed by atoms with van der Waals surface area (Å²) in [4.78, 5) is 22.4. The van der Waals surface area contributed by atoms with Gasteiger partial charge in [0.15, 0.2) is 5.78 Å². The van der Waals surface area contributed by atoms with Crippen molar-refractivity contribution < 1.29 is 75.8 Å². The Morgan fingerprint density at radius 2 is 0.973 bits per heavy atom. The molecule has 0 saturated heterocycles. The summed E-state index contributed by atoms with van der Waals surface area (Å²) in [6, 6.07) is 0. The minimum atomic E-state index is 0. The molecular weight excluding hydrogens is 559 g/mol. The molecule has 0 bridgehead atoms. The van der Waals surface area contributed by atoms with E-state index in [0.29, 0.717) is 85.6 Å². The molecule has 0 heterocycles. The third kappa shape index (κ3) is 40.6. The molecule has 0 aromatic carbocycles. The second kappa shape index (κ2) is 38.1. The number of nitrogens with one attached hydrogen (secondary N) is 1. The normalized spacial score (nSPS) is 10.4. The fourth-order valence-electron chi connectivity index (χ4n) is 2.77. The van der Waals surface area contributed by atoms with Crippen molar-refractivity contribution >= 4 is 11.7 Å². The maximum Gasteiger partial charge on any atom is 0.220 e. The van der Waals surface area contributed by atoms with Gasteiger partial charge in [-0.15, -0.1) is 0 Å². The van der Waals surface area contributed by atoms with Gasteiger partial charge in [0.25, 0.3) is 0 Å². The second-order valence-electron chi connectivity index (χ2n) is 7.76. The molecule has 0 aromatic heterocycles. The number of Topliss-reactive ketones (excluding diaryl/α,β-unsaturated/α-hetero) is 1. The third-order valence-corrected chi connectivity index (χ3v) is 4.55. The predicted molar refractivity (Wildman–Crippen MR) is 139 cm³/mol. The Balaban J connectivity index is -0.00000375. The zero-order valence-electron chi connectivity index (χ0n) is 23.6. The molecule has 1 radical (unpaired) electrons. The molecule has 0 unspecified atom stereocenters. The van der Waals surface area contributed by atoms with Gasteiger partial charge in [0.1, 0.15) is 6.61 Å². The van der Waals surface area contributed by atoms with Crippen LogP contribution in [0.25, 0.3) is 0 Å². The summed E-state index contributed by atoms with van der Waals surface area (Å²) in [7, 11) is 0. The van der Waals surface area contributed by atoms with E-state index in [2.05, 4.69) is 5.32 Å². The summed E-state index contributed by atoms with van der Waals surface area (Å²) in [6.07, 6.45) is 6.69. The van der Waals surface area contributed by atoms with E-state index >= 15 is 0 Å². The molecule has 37 heavy (non-hydrogen) atoms. The summed E-state index contributed by atoms with van der Waals surface area (Å²) in [5, 5.41) is 11.6. The van der Waals surface area contributed by atoms with Crippen molar-refractivity contribution in [2.45, 2.75) is 65.7 Å². The predicted octanol–water partition coefficient (Wildman–Crippen LogP) is 2.54. The van der Waals surface area contributed by atoms with Crippen LogP contribution in [-0.4, -0.2) is 109 Å². The molecule has 0 rings (SSSR count). The van der Waals surface area contributed by atoms with E-state index in [0.717, 1.165) is 38.5 Å². The number of hydrogen-bond acceptors (Lipinski definition) is 9. The zero-order chi connectivity index (χ0) is 27.0. The number of ketones is 1. The van der Waals surface area contributed by atoms with Crippen LogP contribution >= 0.6 is 0 Å². The van der Waals surface area contributed by atoms with Crippen LogP contribution in [-0.2, 0) is 70.7 Å². The maximum absolute atomic E-state index is 11.7. The van der Waals surface area contributed by atoms with E-state index in [-0.39, 0.29) is 57.6 Å². The van der Waals surface area contributed by atoms with Crippen molar-refractivity contribution in [3.05, 3.63) is 0 Å². The van der Waals surface area contributed by atoms with Crippen LogP contribution in [0.1, 0.15) is 65.7 Å². The van der Waals surface area contributed by atoms with Gasteiger partial charge in [-0.3, -0.25) is 9.59 Å². The van der Waals surface area contributed by atoms with Crippen molar-refractivity contribution in [3.8, 4) is 0 Å². The molecule has 0 fully saturated rings. The number of ether oxygens (including phenoxy) is 6. The van der Waals surface area contributed by atoms with Crippen molar-refractivity contribution in [1.29, 1.82) is 0 Å². The van der Waals surface area contributed by atoms with Crippen LogP contribution in [0.5, 0.6) is 0 Å². The van der Waals surface area contributed by atoms with Crippen LogP contribution < -0.4 is 5.32 Å². The van der Waals surface area contributed by atoms with E-state index in [1.165, 1.54) is 6.92 Å². The Morgan fingerprint density at radius 1 is 0.595 bits per heavy atom. The van der Waals surface area contributed by atoms with E-state index in [1.54, 1.807) is 0 Å². The number of carbonyl (C=O) groups excluding carboxylic acids is 2. The standard InChI is InChI=1S/C24H47NO9.C2H6.Y/c1-23(27)22-34-21-20-33-19-18-32-17-16-31-15-14-30-13-12-29-11-9-25-24(28)8-6-4-2-3-5-7-10-26;1-2;/h26H,2-22H2,1H3,(H,25,28);1-2H3;. The summed E-state index contributed by atoms with van der Waals surface area (Å²) < 4.78 is 32.0. The van der Waals surface area contributed by atoms with Gasteiger partial charge in [-0.05, 0) is 19.8 Å². The number of carbonyl (C=O) groups is 2. The Labute approximate surface area is 250 Å². The Kier molecular flexibility index (Phi) is 42.7. The van der Waals surface area contributed by atoms with Gasteiger partial charge in [-0.1, -0.05) is 39.5 Å². The van der Waals surface area contributed by atoms with Gasteiger partial charge in [0.05, 0.1) is 72.7 Å². The third-order valence-electron chi connectivity index (χ3n) is 4.55. The van der Waals surface area contributed by atoms with Crippen LogP contribution in [0.3, 0.4) is 0 Å². The number of hydrogen-bond donors (Lipinski definition) is 2. The topological polar surface area (TPSA) is 122 Å². The first-order valence-electron chi connectivity index (χ1n) is 13.5. The molecule has 219 valence electrons.